The molecular formula is C18H19N5. The molecule has 0 fully saturated rings. The van der Waals surface area contributed by atoms with Gasteiger partial charge in [-0.25, -0.2) is 4.98 Å². The predicted molar refractivity (Wildman–Crippen MR) is 93.2 cm³/mol. The minimum Gasteiger partial charge on any atom is -0.366 e. The SMILES string of the molecule is CCNc1nc(NCc2ccccc2)cc(-c2cccnc2)n1. The van der Waals surface area contributed by atoms with E-state index in [1.165, 1.54) is 5.56 Å². The molecule has 1 aromatic carbocycles. The molecule has 0 saturated heterocycles. The van der Waals surface area contributed by atoms with E-state index >= 15 is 0 Å². The number of hydrogen-bond acceptors (Lipinski definition) is 5. The molecule has 0 aliphatic heterocycles. The van der Waals surface area contributed by atoms with Gasteiger partial charge in [-0.2, -0.15) is 4.98 Å². The van der Waals surface area contributed by atoms with Gasteiger partial charge in [-0.05, 0) is 24.6 Å². The zero-order valence-corrected chi connectivity index (χ0v) is 13.0. The highest BCUT2D eigenvalue weighted by Gasteiger charge is 2.06. The third-order valence-corrected chi connectivity index (χ3v) is 3.33. The maximum Gasteiger partial charge on any atom is 0.225 e. The summed E-state index contributed by atoms with van der Waals surface area (Å²) in [6, 6.07) is 16.1. The van der Waals surface area contributed by atoms with Crippen LogP contribution in [0, 0.1) is 0 Å². The summed E-state index contributed by atoms with van der Waals surface area (Å²) in [5.74, 6) is 1.41. The molecule has 0 radical (unpaired) electrons. The summed E-state index contributed by atoms with van der Waals surface area (Å²) >= 11 is 0. The molecule has 3 rings (SSSR count). The van der Waals surface area contributed by atoms with Crippen molar-refractivity contribution in [3.8, 4) is 11.3 Å². The third-order valence-electron chi connectivity index (χ3n) is 3.33. The Morgan fingerprint density at radius 3 is 2.57 bits per heavy atom. The minimum atomic E-state index is 0.615. The second kappa shape index (κ2) is 7.35. The van der Waals surface area contributed by atoms with Gasteiger partial charge in [-0.15, -0.1) is 0 Å². The number of nitrogens with zero attached hydrogens (tertiary/aromatic N) is 3. The Morgan fingerprint density at radius 2 is 1.83 bits per heavy atom. The molecule has 2 aromatic heterocycles. The third kappa shape index (κ3) is 4.03. The van der Waals surface area contributed by atoms with Crippen LogP contribution in [0.2, 0.25) is 0 Å². The molecule has 2 heterocycles. The Hall–Kier alpha value is -2.95. The number of benzene rings is 1. The van der Waals surface area contributed by atoms with Crippen molar-refractivity contribution in [2.24, 2.45) is 0 Å². The van der Waals surface area contributed by atoms with Gasteiger partial charge in [0.05, 0.1) is 5.69 Å². The molecule has 3 aromatic rings. The zero-order chi connectivity index (χ0) is 15.9. The average Bonchev–Trinajstić information content (AvgIpc) is 2.62. The molecular weight excluding hydrogens is 286 g/mol. The first-order valence-corrected chi connectivity index (χ1v) is 7.66. The van der Waals surface area contributed by atoms with E-state index in [9.17, 15) is 0 Å². The van der Waals surface area contributed by atoms with Crippen LogP contribution < -0.4 is 10.6 Å². The predicted octanol–water partition coefficient (Wildman–Crippen LogP) is 3.58. The smallest absolute Gasteiger partial charge is 0.225 e. The average molecular weight is 305 g/mol. The molecule has 0 amide bonds. The fourth-order valence-electron chi connectivity index (χ4n) is 2.23. The fourth-order valence-corrected chi connectivity index (χ4v) is 2.23. The summed E-state index contributed by atoms with van der Waals surface area (Å²) in [6.45, 7) is 3.52. The van der Waals surface area contributed by atoms with Crippen LogP contribution in [0.1, 0.15) is 12.5 Å². The topological polar surface area (TPSA) is 62.7 Å². The molecule has 0 spiro atoms. The maximum atomic E-state index is 4.55. The Balaban J connectivity index is 1.85. The summed E-state index contributed by atoms with van der Waals surface area (Å²) in [6.07, 6.45) is 3.56. The Bertz CT molecular complexity index is 744. The number of anilines is 2. The van der Waals surface area contributed by atoms with Gasteiger partial charge < -0.3 is 10.6 Å². The van der Waals surface area contributed by atoms with Crippen molar-refractivity contribution in [1.82, 2.24) is 15.0 Å². The van der Waals surface area contributed by atoms with Crippen LogP contribution in [-0.4, -0.2) is 21.5 Å². The van der Waals surface area contributed by atoms with E-state index < -0.39 is 0 Å². The van der Waals surface area contributed by atoms with Crippen LogP contribution in [-0.2, 0) is 6.54 Å². The van der Waals surface area contributed by atoms with E-state index in [0.717, 1.165) is 30.2 Å². The molecule has 116 valence electrons. The summed E-state index contributed by atoms with van der Waals surface area (Å²) in [5.41, 5.74) is 3.02. The highest BCUT2D eigenvalue weighted by molar-refractivity contribution is 5.63. The lowest BCUT2D eigenvalue weighted by Gasteiger charge is -2.10. The summed E-state index contributed by atoms with van der Waals surface area (Å²) in [7, 11) is 0. The van der Waals surface area contributed by atoms with Gasteiger partial charge in [0.25, 0.3) is 0 Å². The Morgan fingerprint density at radius 1 is 0.957 bits per heavy atom. The fraction of sp³-hybridized carbons (Fsp3) is 0.167. The standard InChI is InChI=1S/C18H19N5/c1-2-20-18-22-16(15-9-6-10-19-13-15)11-17(23-18)21-12-14-7-4-3-5-8-14/h3-11,13H,2,12H2,1H3,(H2,20,21,22,23). The first-order chi connectivity index (χ1) is 11.3. The molecule has 0 bridgehead atoms. The van der Waals surface area contributed by atoms with E-state index in [2.05, 4.69) is 37.7 Å². The first-order valence-electron chi connectivity index (χ1n) is 7.66. The summed E-state index contributed by atoms with van der Waals surface area (Å²) in [5, 5.41) is 6.53. The number of hydrogen-bond donors (Lipinski definition) is 2. The molecule has 2 N–H and O–H groups in total. The second-order valence-electron chi connectivity index (χ2n) is 5.07. The molecule has 5 nitrogen and oxygen atoms in total. The van der Waals surface area contributed by atoms with Crippen LogP contribution in [0.3, 0.4) is 0 Å². The number of pyridine rings is 1. The zero-order valence-electron chi connectivity index (χ0n) is 13.0. The quantitative estimate of drug-likeness (QED) is 0.729. The van der Waals surface area contributed by atoms with Crippen molar-refractivity contribution in [1.29, 1.82) is 0 Å². The molecule has 0 aliphatic rings. The van der Waals surface area contributed by atoms with Gasteiger partial charge in [-0.3, -0.25) is 4.98 Å². The largest absolute Gasteiger partial charge is 0.366 e. The molecule has 23 heavy (non-hydrogen) atoms. The highest BCUT2D eigenvalue weighted by Crippen LogP contribution is 2.21. The lowest BCUT2D eigenvalue weighted by atomic mass is 10.2. The van der Waals surface area contributed by atoms with Gasteiger partial charge >= 0.3 is 0 Å². The second-order valence-corrected chi connectivity index (χ2v) is 5.07. The molecule has 0 unspecified atom stereocenters. The number of nitrogens with one attached hydrogen (secondary N) is 2. The molecule has 5 heteroatoms. The van der Waals surface area contributed by atoms with Gasteiger partial charge in [-0.1, -0.05) is 30.3 Å². The van der Waals surface area contributed by atoms with E-state index in [-0.39, 0.29) is 0 Å². The lowest BCUT2D eigenvalue weighted by molar-refractivity contribution is 1.05. The van der Waals surface area contributed by atoms with Crippen LogP contribution in [0.4, 0.5) is 11.8 Å². The van der Waals surface area contributed by atoms with Crippen LogP contribution in [0.5, 0.6) is 0 Å². The van der Waals surface area contributed by atoms with Gasteiger partial charge in [0, 0.05) is 37.1 Å². The van der Waals surface area contributed by atoms with E-state index in [1.54, 1.807) is 12.4 Å². The van der Waals surface area contributed by atoms with Crippen molar-refractivity contribution >= 4 is 11.8 Å². The monoisotopic (exact) mass is 305 g/mol. The Labute approximate surface area is 135 Å². The van der Waals surface area contributed by atoms with Crippen molar-refractivity contribution < 1.29 is 0 Å². The first kappa shape index (κ1) is 15.0. The van der Waals surface area contributed by atoms with Crippen molar-refractivity contribution in [2.75, 3.05) is 17.2 Å². The van der Waals surface area contributed by atoms with Crippen molar-refractivity contribution in [2.45, 2.75) is 13.5 Å². The van der Waals surface area contributed by atoms with Crippen molar-refractivity contribution in [3.05, 3.63) is 66.5 Å². The maximum absolute atomic E-state index is 4.55. The van der Waals surface area contributed by atoms with Crippen LogP contribution in [0.25, 0.3) is 11.3 Å². The molecule has 0 atom stereocenters. The highest BCUT2D eigenvalue weighted by atomic mass is 15.1. The van der Waals surface area contributed by atoms with Crippen LogP contribution in [0.15, 0.2) is 60.9 Å². The lowest BCUT2D eigenvalue weighted by Crippen LogP contribution is -2.07. The van der Waals surface area contributed by atoms with Gasteiger partial charge in [0.15, 0.2) is 0 Å². The Kier molecular flexibility index (Phi) is 4.79. The normalized spacial score (nSPS) is 10.3. The van der Waals surface area contributed by atoms with E-state index in [4.69, 9.17) is 0 Å². The molecule has 0 saturated carbocycles. The van der Waals surface area contributed by atoms with Gasteiger partial charge in [0.1, 0.15) is 5.82 Å². The van der Waals surface area contributed by atoms with Crippen LogP contribution >= 0.6 is 0 Å². The summed E-state index contributed by atoms with van der Waals surface area (Å²) < 4.78 is 0. The number of rotatable bonds is 6. The number of aromatic nitrogens is 3. The minimum absolute atomic E-state index is 0.615. The van der Waals surface area contributed by atoms with E-state index in [1.807, 2.05) is 43.3 Å². The van der Waals surface area contributed by atoms with E-state index in [0.29, 0.717) is 5.95 Å². The summed E-state index contributed by atoms with van der Waals surface area (Å²) in [4.78, 5) is 13.2. The van der Waals surface area contributed by atoms with Crippen molar-refractivity contribution in [3.63, 3.8) is 0 Å². The van der Waals surface area contributed by atoms with Gasteiger partial charge in [0.2, 0.25) is 5.95 Å². The molecule has 0 aliphatic carbocycles.